The maximum Gasteiger partial charge on any atom is 0.269 e. The summed E-state index contributed by atoms with van der Waals surface area (Å²) in [6, 6.07) is 11.2. The van der Waals surface area contributed by atoms with Crippen molar-refractivity contribution in [3.05, 3.63) is 63.7 Å². The van der Waals surface area contributed by atoms with Crippen LogP contribution in [0.15, 0.2) is 47.6 Å². The van der Waals surface area contributed by atoms with Gasteiger partial charge >= 0.3 is 0 Å². The SMILES string of the molecule is CCOc1ccc(/C=N/NC(=O)Cc2ccc([N+](=O)[O-])cc2)cc1OCC. The van der Waals surface area contributed by atoms with Gasteiger partial charge in [-0.1, -0.05) is 12.1 Å². The molecule has 0 bridgehead atoms. The minimum atomic E-state index is -0.485. The van der Waals surface area contributed by atoms with Crippen LogP contribution in [0, 0.1) is 10.1 Å². The van der Waals surface area contributed by atoms with E-state index in [-0.39, 0.29) is 18.0 Å². The first-order valence-electron chi connectivity index (χ1n) is 8.48. The van der Waals surface area contributed by atoms with Gasteiger partial charge in [0.25, 0.3) is 5.69 Å². The van der Waals surface area contributed by atoms with Gasteiger partial charge in [-0.2, -0.15) is 5.10 Å². The number of non-ortho nitro benzene ring substituents is 1. The number of nitro groups is 1. The Morgan fingerprint density at radius 2 is 1.78 bits per heavy atom. The number of rotatable bonds is 9. The Bertz CT molecular complexity index is 819. The summed E-state index contributed by atoms with van der Waals surface area (Å²) in [5, 5.41) is 14.6. The Morgan fingerprint density at radius 1 is 1.11 bits per heavy atom. The standard InChI is InChI=1S/C19H21N3O5/c1-3-26-17-10-7-15(11-18(17)27-4-2)13-20-21-19(23)12-14-5-8-16(9-6-14)22(24)25/h5-11,13H,3-4,12H2,1-2H3,(H,21,23)/b20-13+. The predicted octanol–water partition coefficient (Wildman–Crippen LogP) is 3.09. The number of hydrogen-bond acceptors (Lipinski definition) is 6. The van der Waals surface area contributed by atoms with Crippen LogP contribution in [0.4, 0.5) is 5.69 Å². The van der Waals surface area contributed by atoms with Crippen molar-refractivity contribution in [2.45, 2.75) is 20.3 Å². The van der Waals surface area contributed by atoms with Crippen molar-refractivity contribution in [1.29, 1.82) is 0 Å². The summed E-state index contributed by atoms with van der Waals surface area (Å²) >= 11 is 0. The van der Waals surface area contributed by atoms with Crippen LogP contribution in [0.1, 0.15) is 25.0 Å². The van der Waals surface area contributed by atoms with Crippen LogP contribution >= 0.6 is 0 Å². The monoisotopic (exact) mass is 371 g/mol. The first kappa shape index (κ1) is 19.9. The van der Waals surface area contributed by atoms with E-state index in [1.54, 1.807) is 30.3 Å². The molecular formula is C19H21N3O5. The van der Waals surface area contributed by atoms with E-state index >= 15 is 0 Å². The maximum atomic E-state index is 11.9. The second-order valence-corrected chi connectivity index (χ2v) is 5.47. The van der Waals surface area contributed by atoms with Crippen LogP contribution in [-0.2, 0) is 11.2 Å². The van der Waals surface area contributed by atoms with Gasteiger partial charge in [-0.05, 0) is 43.2 Å². The van der Waals surface area contributed by atoms with Crippen molar-refractivity contribution in [2.24, 2.45) is 5.10 Å². The van der Waals surface area contributed by atoms with Crippen molar-refractivity contribution in [3.8, 4) is 11.5 Å². The molecule has 1 amide bonds. The van der Waals surface area contributed by atoms with Gasteiger partial charge in [0.15, 0.2) is 11.5 Å². The third kappa shape index (κ3) is 6.10. The molecule has 8 nitrogen and oxygen atoms in total. The largest absolute Gasteiger partial charge is 0.490 e. The first-order valence-corrected chi connectivity index (χ1v) is 8.48. The molecule has 2 rings (SSSR count). The van der Waals surface area contributed by atoms with E-state index in [0.717, 1.165) is 5.56 Å². The van der Waals surface area contributed by atoms with Crippen molar-refractivity contribution in [2.75, 3.05) is 13.2 Å². The second kappa shape index (κ2) is 9.91. The van der Waals surface area contributed by atoms with Gasteiger partial charge in [0.05, 0.1) is 30.8 Å². The smallest absolute Gasteiger partial charge is 0.269 e. The van der Waals surface area contributed by atoms with Gasteiger partial charge in [0, 0.05) is 12.1 Å². The average Bonchev–Trinajstić information content (AvgIpc) is 2.64. The molecule has 0 atom stereocenters. The Hall–Kier alpha value is -3.42. The van der Waals surface area contributed by atoms with Gasteiger partial charge in [0.2, 0.25) is 5.91 Å². The zero-order chi connectivity index (χ0) is 19.6. The summed E-state index contributed by atoms with van der Waals surface area (Å²) in [4.78, 5) is 22.1. The van der Waals surface area contributed by atoms with Crippen molar-refractivity contribution < 1.29 is 19.2 Å². The molecule has 0 saturated heterocycles. The maximum absolute atomic E-state index is 11.9. The number of nitro benzene ring substituents is 1. The molecule has 0 aliphatic carbocycles. The summed E-state index contributed by atoms with van der Waals surface area (Å²) in [7, 11) is 0. The van der Waals surface area contributed by atoms with E-state index in [1.165, 1.54) is 18.3 Å². The fourth-order valence-electron chi connectivity index (χ4n) is 2.29. The number of hydrogen-bond donors (Lipinski definition) is 1. The number of carbonyl (C=O) groups is 1. The van der Waals surface area contributed by atoms with Crippen LogP contribution in [-0.4, -0.2) is 30.3 Å². The highest BCUT2D eigenvalue weighted by atomic mass is 16.6. The molecule has 1 N–H and O–H groups in total. The number of carbonyl (C=O) groups excluding carboxylic acids is 1. The highest BCUT2D eigenvalue weighted by Crippen LogP contribution is 2.27. The highest BCUT2D eigenvalue weighted by Gasteiger charge is 2.07. The second-order valence-electron chi connectivity index (χ2n) is 5.47. The topological polar surface area (TPSA) is 103 Å². The van der Waals surface area contributed by atoms with Gasteiger partial charge in [0.1, 0.15) is 0 Å². The summed E-state index contributed by atoms with van der Waals surface area (Å²) < 4.78 is 11.0. The lowest BCUT2D eigenvalue weighted by Gasteiger charge is -2.11. The summed E-state index contributed by atoms with van der Waals surface area (Å²) in [6.07, 6.45) is 1.58. The van der Waals surface area contributed by atoms with Crippen molar-refractivity contribution in [1.82, 2.24) is 5.43 Å². The normalized spacial score (nSPS) is 10.6. The van der Waals surface area contributed by atoms with Crippen LogP contribution in [0.2, 0.25) is 0 Å². The minimum Gasteiger partial charge on any atom is -0.490 e. The van der Waals surface area contributed by atoms with E-state index < -0.39 is 4.92 Å². The van der Waals surface area contributed by atoms with Crippen LogP contribution < -0.4 is 14.9 Å². The molecule has 0 fully saturated rings. The predicted molar refractivity (Wildman–Crippen MR) is 101 cm³/mol. The molecule has 0 spiro atoms. The van der Waals surface area contributed by atoms with E-state index in [0.29, 0.717) is 30.3 Å². The fraction of sp³-hybridized carbons (Fsp3) is 0.263. The molecule has 27 heavy (non-hydrogen) atoms. The summed E-state index contributed by atoms with van der Waals surface area (Å²) in [5.74, 6) is 0.940. The number of hydrazone groups is 1. The number of nitrogens with one attached hydrogen (secondary N) is 1. The lowest BCUT2D eigenvalue weighted by Crippen LogP contribution is -2.19. The van der Waals surface area contributed by atoms with Crippen LogP contribution in [0.25, 0.3) is 0 Å². The molecule has 0 heterocycles. The third-order valence-electron chi connectivity index (χ3n) is 3.48. The minimum absolute atomic E-state index is 0.0159. The van der Waals surface area contributed by atoms with Gasteiger partial charge < -0.3 is 9.47 Å². The van der Waals surface area contributed by atoms with Crippen molar-refractivity contribution >= 4 is 17.8 Å². The molecule has 0 aliphatic heterocycles. The molecule has 0 saturated carbocycles. The molecule has 0 aliphatic rings. The molecule has 2 aromatic carbocycles. The van der Waals surface area contributed by atoms with Gasteiger partial charge in [-0.15, -0.1) is 0 Å². The summed E-state index contributed by atoms with van der Waals surface area (Å²) in [5.41, 5.74) is 3.82. The fourth-order valence-corrected chi connectivity index (χ4v) is 2.29. The lowest BCUT2D eigenvalue weighted by molar-refractivity contribution is -0.384. The van der Waals surface area contributed by atoms with Crippen LogP contribution in [0.5, 0.6) is 11.5 Å². The number of benzene rings is 2. The molecular weight excluding hydrogens is 350 g/mol. The van der Waals surface area contributed by atoms with Crippen molar-refractivity contribution in [3.63, 3.8) is 0 Å². The van der Waals surface area contributed by atoms with E-state index in [2.05, 4.69) is 10.5 Å². The Balaban J connectivity index is 1.94. The molecule has 0 unspecified atom stereocenters. The average molecular weight is 371 g/mol. The lowest BCUT2D eigenvalue weighted by atomic mass is 10.1. The first-order chi connectivity index (χ1) is 13.0. The van der Waals surface area contributed by atoms with Crippen LogP contribution in [0.3, 0.4) is 0 Å². The molecule has 142 valence electrons. The zero-order valence-corrected chi connectivity index (χ0v) is 15.2. The number of ether oxygens (including phenoxy) is 2. The van der Waals surface area contributed by atoms with E-state index in [1.807, 2.05) is 13.8 Å². The Morgan fingerprint density at radius 3 is 2.41 bits per heavy atom. The Kier molecular flexibility index (Phi) is 7.30. The van der Waals surface area contributed by atoms with Gasteiger partial charge in [-0.3, -0.25) is 14.9 Å². The zero-order valence-electron chi connectivity index (χ0n) is 15.2. The number of nitrogens with zero attached hydrogens (tertiary/aromatic N) is 2. The molecule has 0 radical (unpaired) electrons. The highest BCUT2D eigenvalue weighted by molar-refractivity contribution is 5.84. The molecule has 0 aromatic heterocycles. The van der Waals surface area contributed by atoms with Gasteiger partial charge in [-0.25, -0.2) is 5.43 Å². The number of amides is 1. The quantitative estimate of drug-likeness (QED) is 0.414. The Labute approximate surface area is 157 Å². The molecule has 2 aromatic rings. The van der Waals surface area contributed by atoms with E-state index in [4.69, 9.17) is 9.47 Å². The third-order valence-corrected chi connectivity index (χ3v) is 3.48. The van der Waals surface area contributed by atoms with E-state index in [9.17, 15) is 14.9 Å². The molecule has 8 heteroatoms. The summed E-state index contributed by atoms with van der Waals surface area (Å²) in [6.45, 7) is 4.82.